The average Bonchev–Trinajstić information content (AvgIpc) is 2.36. The minimum absolute atomic E-state index is 0.0715. The fourth-order valence-corrected chi connectivity index (χ4v) is 2.20. The standard InChI is InChI=1S/C15H21NO3/c1-10(2)8-12(9-13(17)18)14(16)15(19)11-6-4-3-5-7-11/h3-7,10,12,14H,8-9,16H2,1-2H3,(H,17,18). The molecule has 0 radical (unpaired) electrons. The van der Waals surface area contributed by atoms with Crippen molar-refractivity contribution in [2.75, 3.05) is 0 Å². The van der Waals surface area contributed by atoms with E-state index in [9.17, 15) is 9.59 Å². The molecule has 0 saturated carbocycles. The van der Waals surface area contributed by atoms with E-state index >= 15 is 0 Å². The third kappa shape index (κ3) is 4.83. The molecule has 0 spiro atoms. The van der Waals surface area contributed by atoms with E-state index in [1.54, 1.807) is 24.3 Å². The SMILES string of the molecule is CC(C)CC(CC(=O)O)C(N)C(=O)c1ccccc1. The van der Waals surface area contributed by atoms with Gasteiger partial charge in [0.1, 0.15) is 0 Å². The molecule has 104 valence electrons. The summed E-state index contributed by atoms with van der Waals surface area (Å²) in [6, 6.07) is 8.01. The van der Waals surface area contributed by atoms with Crippen LogP contribution in [0.4, 0.5) is 0 Å². The van der Waals surface area contributed by atoms with E-state index in [-0.39, 0.29) is 18.1 Å². The molecule has 4 nitrogen and oxygen atoms in total. The summed E-state index contributed by atoms with van der Waals surface area (Å²) >= 11 is 0. The van der Waals surface area contributed by atoms with Crippen molar-refractivity contribution in [3.05, 3.63) is 35.9 Å². The molecule has 0 heterocycles. The van der Waals surface area contributed by atoms with Crippen molar-refractivity contribution in [2.45, 2.75) is 32.7 Å². The molecule has 0 aliphatic rings. The minimum atomic E-state index is -0.915. The number of carboxylic acids is 1. The maximum absolute atomic E-state index is 12.2. The Kier molecular flexibility index (Phi) is 5.70. The molecule has 0 aromatic heterocycles. The molecule has 0 fully saturated rings. The Hall–Kier alpha value is -1.68. The smallest absolute Gasteiger partial charge is 0.303 e. The molecule has 19 heavy (non-hydrogen) atoms. The normalized spacial score (nSPS) is 14.1. The van der Waals surface area contributed by atoms with E-state index < -0.39 is 12.0 Å². The van der Waals surface area contributed by atoms with Crippen LogP contribution in [0.5, 0.6) is 0 Å². The highest BCUT2D eigenvalue weighted by Crippen LogP contribution is 2.21. The second-order valence-electron chi connectivity index (χ2n) is 5.24. The van der Waals surface area contributed by atoms with Crippen LogP contribution in [0.2, 0.25) is 0 Å². The number of carbonyl (C=O) groups is 2. The zero-order valence-corrected chi connectivity index (χ0v) is 11.4. The van der Waals surface area contributed by atoms with Crippen LogP contribution in [-0.2, 0) is 4.79 Å². The monoisotopic (exact) mass is 263 g/mol. The predicted octanol–water partition coefficient (Wildman–Crippen LogP) is 2.33. The van der Waals surface area contributed by atoms with E-state index in [4.69, 9.17) is 10.8 Å². The Labute approximate surface area is 113 Å². The number of aliphatic carboxylic acids is 1. The molecule has 2 unspecified atom stereocenters. The lowest BCUT2D eigenvalue weighted by Crippen LogP contribution is -2.40. The van der Waals surface area contributed by atoms with E-state index in [0.29, 0.717) is 17.9 Å². The molecule has 1 aromatic rings. The van der Waals surface area contributed by atoms with Gasteiger partial charge < -0.3 is 10.8 Å². The molecular formula is C15H21NO3. The van der Waals surface area contributed by atoms with Crippen LogP contribution in [0.15, 0.2) is 30.3 Å². The van der Waals surface area contributed by atoms with Crippen LogP contribution < -0.4 is 5.73 Å². The highest BCUT2D eigenvalue weighted by molar-refractivity contribution is 6.00. The molecule has 0 aliphatic carbocycles. The number of hydrogen-bond donors (Lipinski definition) is 2. The lowest BCUT2D eigenvalue weighted by molar-refractivity contribution is -0.138. The van der Waals surface area contributed by atoms with Gasteiger partial charge in [-0.1, -0.05) is 44.2 Å². The van der Waals surface area contributed by atoms with Gasteiger partial charge in [0.25, 0.3) is 0 Å². The van der Waals surface area contributed by atoms with Crippen LogP contribution in [0.3, 0.4) is 0 Å². The van der Waals surface area contributed by atoms with Crippen molar-refractivity contribution >= 4 is 11.8 Å². The first-order valence-electron chi connectivity index (χ1n) is 6.48. The minimum Gasteiger partial charge on any atom is -0.481 e. The number of benzene rings is 1. The lowest BCUT2D eigenvalue weighted by atomic mass is 9.84. The average molecular weight is 263 g/mol. The number of nitrogens with two attached hydrogens (primary N) is 1. The van der Waals surface area contributed by atoms with E-state index in [1.165, 1.54) is 0 Å². The van der Waals surface area contributed by atoms with Gasteiger partial charge in [-0.15, -0.1) is 0 Å². The molecular weight excluding hydrogens is 242 g/mol. The van der Waals surface area contributed by atoms with Gasteiger partial charge in [0.05, 0.1) is 12.5 Å². The Morgan fingerprint density at radius 1 is 1.21 bits per heavy atom. The largest absolute Gasteiger partial charge is 0.481 e. The van der Waals surface area contributed by atoms with Gasteiger partial charge in [-0.3, -0.25) is 9.59 Å². The van der Waals surface area contributed by atoms with Crippen molar-refractivity contribution in [2.24, 2.45) is 17.6 Å². The Balaban J connectivity index is 2.83. The number of carbonyl (C=O) groups excluding carboxylic acids is 1. The van der Waals surface area contributed by atoms with Gasteiger partial charge in [0.2, 0.25) is 0 Å². The summed E-state index contributed by atoms with van der Waals surface area (Å²) in [4.78, 5) is 23.1. The Morgan fingerprint density at radius 3 is 2.26 bits per heavy atom. The number of Topliss-reactive ketones (excluding diaryl/α,β-unsaturated/α-hetero) is 1. The molecule has 1 aromatic carbocycles. The maximum Gasteiger partial charge on any atom is 0.303 e. The molecule has 1 rings (SSSR count). The molecule has 0 bridgehead atoms. The summed E-state index contributed by atoms with van der Waals surface area (Å²) in [7, 11) is 0. The van der Waals surface area contributed by atoms with Crippen LogP contribution in [0, 0.1) is 11.8 Å². The van der Waals surface area contributed by atoms with Gasteiger partial charge >= 0.3 is 5.97 Å². The van der Waals surface area contributed by atoms with Crippen molar-refractivity contribution in [1.29, 1.82) is 0 Å². The van der Waals surface area contributed by atoms with E-state index in [2.05, 4.69) is 0 Å². The van der Waals surface area contributed by atoms with Crippen LogP contribution in [0.1, 0.15) is 37.0 Å². The van der Waals surface area contributed by atoms with Gasteiger partial charge in [-0.05, 0) is 18.3 Å². The second kappa shape index (κ2) is 7.04. The topological polar surface area (TPSA) is 80.4 Å². The summed E-state index contributed by atoms with van der Waals surface area (Å²) in [5, 5.41) is 8.93. The van der Waals surface area contributed by atoms with E-state index in [0.717, 1.165) is 0 Å². The summed E-state index contributed by atoms with van der Waals surface area (Å²) in [5.74, 6) is -1.13. The zero-order chi connectivity index (χ0) is 14.4. The van der Waals surface area contributed by atoms with E-state index in [1.807, 2.05) is 19.9 Å². The third-order valence-corrected chi connectivity index (χ3v) is 3.08. The number of carboxylic acid groups (broad SMARTS) is 1. The fraction of sp³-hybridized carbons (Fsp3) is 0.467. The lowest BCUT2D eigenvalue weighted by Gasteiger charge is -2.23. The summed E-state index contributed by atoms with van der Waals surface area (Å²) < 4.78 is 0. The number of hydrogen-bond acceptors (Lipinski definition) is 3. The van der Waals surface area contributed by atoms with Crippen molar-refractivity contribution in [3.63, 3.8) is 0 Å². The van der Waals surface area contributed by atoms with Crippen molar-refractivity contribution in [3.8, 4) is 0 Å². The van der Waals surface area contributed by atoms with Gasteiger partial charge in [0, 0.05) is 5.56 Å². The van der Waals surface area contributed by atoms with Crippen LogP contribution in [-0.4, -0.2) is 22.9 Å². The summed E-state index contributed by atoms with van der Waals surface area (Å²) in [5.41, 5.74) is 6.51. The highest BCUT2D eigenvalue weighted by atomic mass is 16.4. The van der Waals surface area contributed by atoms with Crippen molar-refractivity contribution in [1.82, 2.24) is 0 Å². The van der Waals surface area contributed by atoms with Gasteiger partial charge in [-0.25, -0.2) is 0 Å². The summed E-state index contributed by atoms with van der Waals surface area (Å²) in [6.07, 6.45) is 0.559. The first-order valence-corrected chi connectivity index (χ1v) is 6.48. The second-order valence-corrected chi connectivity index (χ2v) is 5.24. The Bertz CT molecular complexity index is 428. The van der Waals surface area contributed by atoms with Gasteiger partial charge in [0.15, 0.2) is 5.78 Å². The molecule has 2 atom stereocenters. The molecule has 0 aliphatic heterocycles. The van der Waals surface area contributed by atoms with Crippen LogP contribution in [0.25, 0.3) is 0 Å². The number of rotatable bonds is 7. The van der Waals surface area contributed by atoms with Crippen LogP contribution >= 0.6 is 0 Å². The molecule has 3 N–H and O–H groups in total. The summed E-state index contributed by atoms with van der Waals surface area (Å²) in [6.45, 7) is 3.99. The fourth-order valence-electron chi connectivity index (χ4n) is 2.20. The number of ketones is 1. The first kappa shape index (κ1) is 15.4. The van der Waals surface area contributed by atoms with Gasteiger partial charge in [-0.2, -0.15) is 0 Å². The molecule has 4 heteroatoms. The highest BCUT2D eigenvalue weighted by Gasteiger charge is 2.28. The third-order valence-electron chi connectivity index (χ3n) is 3.08. The Morgan fingerprint density at radius 2 is 1.79 bits per heavy atom. The predicted molar refractivity (Wildman–Crippen MR) is 73.9 cm³/mol. The van der Waals surface area contributed by atoms with Crippen molar-refractivity contribution < 1.29 is 14.7 Å². The first-order chi connectivity index (χ1) is 8.91. The maximum atomic E-state index is 12.2. The zero-order valence-electron chi connectivity index (χ0n) is 11.4. The quantitative estimate of drug-likeness (QED) is 0.740. The molecule has 0 amide bonds. The molecule has 0 saturated heterocycles.